The number of aromatic nitrogens is 3. The Morgan fingerprint density at radius 1 is 1.23 bits per heavy atom. The number of carbonyl (C=O) groups excluding carboxylic acids is 1. The molecule has 0 bridgehead atoms. The summed E-state index contributed by atoms with van der Waals surface area (Å²) in [6.45, 7) is 0. The number of pyridine rings is 1. The average Bonchev–Trinajstić information content (AvgIpc) is 3.14. The topological polar surface area (TPSA) is 131 Å². The number of aldehydes is 1. The molecule has 0 aliphatic heterocycles. The van der Waals surface area contributed by atoms with Crippen LogP contribution in [0.3, 0.4) is 0 Å². The summed E-state index contributed by atoms with van der Waals surface area (Å²) in [7, 11) is 0. The smallest absolute Gasteiger partial charge is 0.416 e. The molecule has 160 valence electrons. The highest BCUT2D eigenvalue weighted by atomic mass is 35.5. The minimum atomic E-state index is -4.47. The Morgan fingerprint density at radius 2 is 1.93 bits per heavy atom. The quantitative estimate of drug-likeness (QED) is 0.392. The molecule has 1 aromatic carbocycles. The first-order valence-corrected chi connectivity index (χ1v) is 8.27. The summed E-state index contributed by atoms with van der Waals surface area (Å²) >= 11 is 0. The van der Waals surface area contributed by atoms with Crippen LogP contribution < -0.4 is 5.73 Å². The fraction of sp³-hybridized carbons (Fsp3) is 0.222. The van der Waals surface area contributed by atoms with Crippen molar-refractivity contribution in [1.82, 2.24) is 14.6 Å². The van der Waals surface area contributed by atoms with Gasteiger partial charge in [-0.15, -0.1) is 12.4 Å². The molecule has 0 aliphatic carbocycles. The van der Waals surface area contributed by atoms with Crippen LogP contribution in [-0.4, -0.2) is 37.1 Å². The van der Waals surface area contributed by atoms with Gasteiger partial charge in [-0.2, -0.15) is 18.3 Å². The van der Waals surface area contributed by atoms with Crippen LogP contribution in [-0.2, 0) is 34.1 Å². The van der Waals surface area contributed by atoms with E-state index >= 15 is 0 Å². The zero-order chi connectivity index (χ0) is 21.4. The van der Waals surface area contributed by atoms with Crippen molar-refractivity contribution < 1.29 is 33.0 Å². The van der Waals surface area contributed by atoms with Gasteiger partial charge in [0.15, 0.2) is 11.9 Å². The third-order valence-electron chi connectivity index (χ3n) is 4.47. The molecule has 1 unspecified atom stereocenters. The Labute approximate surface area is 173 Å². The van der Waals surface area contributed by atoms with E-state index in [1.165, 1.54) is 18.2 Å². The van der Waals surface area contributed by atoms with Crippen molar-refractivity contribution in [2.24, 2.45) is 5.73 Å². The van der Waals surface area contributed by atoms with Crippen LogP contribution in [0.25, 0.3) is 5.65 Å². The summed E-state index contributed by atoms with van der Waals surface area (Å²) in [6, 6.07) is 6.00. The summed E-state index contributed by atoms with van der Waals surface area (Å²) < 4.78 is 39.5. The molecule has 8 nitrogen and oxygen atoms in total. The highest BCUT2D eigenvalue weighted by Crippen LogP contribution is 2.31. The number of fused-ring (bicyclic) bond motifs is 1. The minimum absolute atomic E-state index is 0. The number of nitrogens with two attached hydrogens (primary N) is 1. The van der Waals surface area contributed by atoms with Crippen LogP contribution >= 0.6 is 12.4 Å². The van der Waals surface area contributed by atoms with Crippen LogP contribution in [0.4, 0.5) is 13.2 Å². The van der Waals surface area contributed by atoms with E-state index in [-0.39, 0.29) is 37.2 Å². The van der Waals surface area contributed by atoms with Gasteiger partial charge >= 0.3 is 12.1 Å². The number of carboxylic acids is 1. The van der Waals surface area contributed by atoms with Crippen molar-refractivity contribution in [3.8, 4) is 5.75 Å². The maximum absolute atomic E-state index is 12.9. The van der Waals surface area contributed by atoms with E-state index in [0.717, 1.165) is 23.0 Å². The van der Waals surface area contributed by atoms with Crippen LogP contribution in [0.5, 0.6) is 5.75 Å². The number of aromatic hydroxyl groups is 1. The zero-order valence-electron chi connectivity index (χ0n) is 15.1. The molecule has 0 saturated heterocycles. The normalized spacial score (nSPS) is 13.5. The lowest BCUT2D eigenvalue weighted by atomic mass is 9.95. The van der Waals surface area contributed by atoms with E-state index in [2.05, 4.69) is 10.1 Å². The van der Waals surface area contributed by atoms with Gasteiger partial charge in [-0.05, 0) is 30.5 Å². The van der Waals surface area contributed by atoms with E-state index < -0.39 is 34.7 Å². The zero-order valence-corrected chi connectivity index (χ0v) is 15.9. The summed E-state index contributed by atoms with van der Waals surface area (Å²) in [5.41, 5.74) is 2.75. The number of carbonyl (C=O) groups is 2. The van der Waals surface area contributed by atoms with Gasteiger partial charge in [0.2, 0.25) is 5.54 Å². The van der Waals surface area contributed by atoms with Gasteiger partial charge in [0, 0.05) is 5.56 Å². The van der Waals surface area contributed by atoms with Crippen molar-refractivity contribution in [2.45, 2.75) is 24.6 Å². The van der Waals surface area contributed by atoms with Crippen LogP contribution in [0, 0.1) is 0 Å². The van der Waals surface area contributed by atoms with Gasteiger partial charge in [-0.3, -0.25) is 0 Å². The van der Waals surface area contributed by atoms with Gasteiger partial charge in [-0.25, -0.2) is 14.3 Å². The molecule has 0 aliphatic rings. The minimum Gasteiger partial charge on any atom is -0.506 e. The van der Waals surface area contributed by atoms with Gasteiger partial charge in [0.1, 0.15) is 17.8 Å². The summed E-state index contributed by atoms with van der Waals surface area (Å²) in [4.78, 5) is 26.8. The summed E-state index contributed by atoms with van der Waals surface area (Å²) in [5.74, 6) is -2.30. The van der Waals surface area contributed by atoms with E-state index in [9.17, 15) is 33.0 Å². The van der Waals surface area contributed by atoms with Crippen molar-refractivity contribution in [1.29, 1.82) is 0 Å². The SMILES string of the molecule is Cl.NC(C=O)(C(=O)O)c1c(O)cc(CCc2cccc(C(F)(F)F)c2)c2ncnn12. The molecule has 2 heterocycles. The molecule has 3 rings (SSSR count). The van der Waals surface area contributed by atoms with E-state index in [4.69, 9.17) is 5.73 Å². The van der Waals surface area contributed by atoms with Gasteiger partial charge in [0.05, 0.1) is 5.56 Å². The number of nitrogens with zero attached hydrogens (tertiary/aromatic N) is 3. The van der Waals surface area contributed by atoms with Gasteiger partial charge < -0.3 is 20.7 Å². The number of benzene rings is 1. The molecular weight excluding hydrogens is 429 g/mol. The number of aliphatic carboxylic acids is 1. The first-order valence-electron chi connectivity index (χ1n) is 8.27. The second kappa shape index (κ2) is 8.28. The van der Waals surface area contributed by atoms with Crippen molar-refractivity contribution in [3.05, 3.63) is 59.0 Å². The van der Waals surface area contributed by atoms with E-state index in [1.54, 1.807) is 0 Å². The number of hydrogen-bond acceptors (Lipinski definition) is 6. The molecule has 0 fully saturated rings. The standard InChI is InChI=1S/C18H15F3N4O4.ClH/c19-18(20,21)12-3-1-2-10(6-12)4-5-11-7-13(27)14(17(22,8-26)16(28)29)25-15(11)23-9-24-25;/h1-3,6-9,27H,4-5,22H2,(H,28,29);1H. The predicted octanol–water partition coefficient (Wildman–Crippen LogP) is 2.10. The molecule has 0 spiro atoms. The number of carboxylic acid groups (broad SMARTS) is 1. The number of hydrogen-bond donors (Lipinski definition) is 3. The lowest BCUT2D eigenvalue weighted by molar-refractivity contribution is -0.146. The van der Waals surface area contributed by atoms with Crippen LogP contribution in [0.15, 0.2) is 36.7 Å². The Balaban J connectivity index is 0.00000320. The second-order valence-electron chi connectivity index (χ2n) is 6.39. The summed E-state index contributed by atoms with van der Waals surface area (Å²) in [5, 5.41) is 23.5. The van der Waals surface area contributed by atoms with Crippen molar-refractivity contribution >= 4 is 30.3 Å². The molecule has 3 aromatic rings. The maximum atomic E-state index is 12.9. The third kappa shape index (κ3) is 4.07. The molecule has 0 radical (unpaired) electrons. The number of aryl methyl sites for hydroxylation is 2. The number of rotatable bonds is 6. The number of alkyl halides is 3. The third-order valence-corrected chi connectivity index (χ3v) is 4.47. The molecule has 0 amide bonds. The van der Waals surface area contributed by atoms with E-state index in [0.29, 0.717) is 11.1 Å². The van der Waals surface area contributed by atoms with Crippen LogP contribution in [0.1, 0.15) is 22.4 Å². The summed E-state index contributed by atoms with van der Waals surface area (Å²) in [6.07, 6.45) is -3.06. The number of halogens is 4. The first kappa shape index (κ1) is 23.1. The molecular formula is C18H16ClF3N4O4. The highest BCUT2D eigenvalue weighted by Gasteiger charge is 2.41. The first-order chi connectivity index (χ1) is 13.6. The van der Waals surface area contributed by atoms with Gasteiger partial charge in [-0.1, -0.05) is 18.2 Å². The lowest BCUT2D eigenvalue weighted by Gasteiger charge is -2.21. The van der Waals surface area contributed by atoms with Gasteiger partial charge in [0.25, 0.3) is 0 Å². The van der Waals surface area contributed by atoms with Crippen molar-refractivity contribution in [2.75, 3.05) is 0 Å². The monoisotopic (exact) mass is 444 g/mol. The second-order valence-corrected chi connectivity index (χ2v) is 6.39. The highest BCUT2D eigenvalue weighted by molar-refractivity contribution is 5.98. The molecule has 2 aromatic heterocycles. The molecule has 4 N–H and O–H groups in total. The van der Waals surface area contributed by atoms with Crippen molar-refractivity contribution in [3.63, 3.8) is 0 Å². The predicted molar refractivity (Wildman–Crippen MR) is 100 cm³/mol. The Bertz CT molecular complexity index is 1100. The fourth-order valence-corrected chi connectivity index (χ4v) is 2.99. The molecule has 1 atom stereocenters. The average molecular weight is 445 g/mol. The Kier molecular flexibility index (Phi) is 6.38. The molecule has 12 heteroatoms. The Morgan fingerprint density at radius 3 is 2.53 bits per heavy atom. The molecule has 0 saturated carbocycles. The lowest BCUT2D eigenvalue weighted by Crippen LogP contribution is -2.48. The maximum Gasteiger partial charge on any atom is 0.416 e. The molecule has 30 heavy (non-hydrogen) atoms. The fourth-order valence-electron chi connectivity index (χ4n) is 2.99. The Hall–Kier alpha value is -3.18. The van der Waals surface area contributed by atoms with E-state index in [1.807, 2.05) is 0 Å². The largest absolute Gasteiger partial charge is 0.506 e. The van der Waals surface area contributed by atoms with Crippen LogP contribution in [0.2, 0.25) is 0 Å².